The number of anilines is 2. The van der Waals surface area contributed by atoms with Crippen molar-refractivity contribution < 1.29 is 0 Å². The number of nitrogens with one attached hydrogen (secondary N) is 2. The van der Waals surface area contributed by atoms with Gasteiger partial charge in [-0.3, -0.25) is 0 Å². The number of nitrogens with zero attached hydrogens (tertiary/aromatic N) is 2. The van der Waals surface area contributed by atoms with Crippen molar-refractivity contribution in [1.82, 2.24) is 9.97 Å². The van der Waals surface area contributed by atoms with Gasteiger partial charge in [0.2, 0.25) is 0 Å². The Morgan fingerprint density at radius 1 is 1.18 bits per heavy atom. The quantitative estimate of drug-likeness (QED) is 0.763. The second-order valence-corrected chi connectivity index (χ2v) is 4.46. The smallest absolute Gasteiger partial charge is 0.134 e. The zero-order valence-corrected chi connectivity index (χ0v) is 11.4. The fraction of sp³-hybridized carbons (Fsp3) is 0.692. The van der Waals surface area contributed by atoms with Crippen molar-refractivity contribution in [2.24, 2.45) is 0 Å². The van der Waals surface area contributed by atoms with E-state index in [0.717, 1.165) is 36.6 Å². The van der Waals surface area contributed by atoms with Crippen molar-refractivity contribution in [3.05, 3.63) is 11.9 Å². The van der Waals surface area contributed by atoms with Crippen molar-refractivity contribution in [2.45, 2.75) is 53.0 Å². The Balaban J connectivity index is 2.72. The first-order valence-corrected chi connectivity index (χ1v) is 6.51. The second-order valence-electron chi connectivity index (χ2n) is 4.46. The van der Waals surface area contributed by atoms with Gasteiger partial charge in [-0.15, -0.1) is 0 Å². The van der Waals surface area contributed by atoms with Gasteiger partial charge in [0, 0.05) is 18.2 Å². The molecule has 4 nitrogen and oxygen atoms in total. The highest BCUT2D eigenvalue weighted by Crippen LogP contribution is 2.19. The maximum absolute atomic E-state index is 4.31. The van der Waals surface area contributed by atoms with Crippen LogP contribution in [0.3, 0.4) is 0 Å². The van der Waals surface area contributed by atoms with Crippen LogP contribution in [0.4, 0.5) is 11.6 Å². The Bertz CT molecular complexity index is 338. The molecule has 0 bridgehead atoms. The molecular weight excluding hydrogens is 212 g/mol. The zero-order chi connectivity index (χ0) is 12.7. The molecule has 1 unspecified atom stereocenters. The van der Waals surface area contributed by atoms with Crippen LogP contribution < -0.4 is 10.6 Å². The fourth-order valence-electron chi connectivity index (χ4n) is 1.76. The Labute approximate surface area is 104 Å². The topological polar surface area (TPSA) is 49.8 Å². The van der Waals surface area contributed by atoms with E-state index in [1.165, 1.54) is 6.42 Å². The van der Waals surface area contributed by atoms with Crippen LogP contribution in [0.2, 0.25) is 0 Å². The van der Waals surface area contributed by atoms with Crippen LogP contribution in [0.1, 0.15) is 45.6 Å². The highest BCUT2D eigenvalue weighted by atomic mass is 15.1. The van der Waals surface area contributed by atoms with Crippen molar-refractivity contribution in [3.63, 3.8) is 0 Å². The van der Waals surface area contributed by atoms with Gasteiger partial charge in [-0.05, 0) is 26.7 Å². The highest BCUT2D eigenvalue weighted by molar-refractivity contribution is 5.56. The molecule has 1 aromatic heterocycles. The predicted octanol–water partition coefficient (Wildman–Crippen LogP) is 3.21. The Kier molecular flexibility index (Phi) is 5.73. The summed E-state index contributed by atoms with van der Waals surface area (Å²) >= 11 is 0. The molecular formula is C13H24N4. The SMILES string of the molecule is CCCNc1ncnc(NC(C)CCC)c1C. The van der Waals surface area contributed by atoms with E-state index in [4.69, 9.17) is 0 Å². The summed E-state index contributed by atoms with van der Waals surface area (Å²) in [5.41, 5.74) is 1.10. The number of hydrogen-bond donors (Lipinski definition) is 2. The molecule has 0 fully saturated rings. The molecule has 1 rings (SSSR count). The lowest BCUT2D eigenvalue weighted by molar-refractivity contribution is 0.686. The number of aromatic nitrogens is 2. The zero-order valence-electron chi connectivity index (χ0n) is 11.4. The van der Waals surface area contributed by atoms with E-state index in [0.29, 0.717) is 6.04 Å². The van der Waals surface area contributed by atoms with E-state index in [2.05, 4.69) is 48.3 Å². The van der Waals surface area contributed by atoms with Crippen LogP contribution in [0.15, 0.2) is 6.33 Å². The molecule has 1 aromatic rings. The van der Waals surface area contributed by atoms with Gasteiger partial charge in [-0.1, -0.05) is 20.3 Å². The van der Waals surface area contributed by atoms with E-state index >= 15 is 0 Å². The minimum atomic E-state index is 0.452. The van der Waals surface area contributed by atoms with Crippen LogP contribution in [-0.2, 0) is 0 Å². The minimum Gasteiger partial charge on any atom is -0.370 e. The summed E-state index contributed by atoms with van der Waals surface area (Å²) in [6.07, 6.45) is 5.05. The average Bonchev–Trinajstić information content (AvgIpc) is 2.30. The molecule has 0 radical (unpaired) electrons. The third-order valence-corrected chi connectivity index (χ3v) is 2.73. The molecule has 0 aromatic carbocycles. The van der Waals surface area contributed by atoms with Crippen LogP contribution in [0.25, 0.3) is 0 Å². The minimum absolute atomic E-state index is 0.452. The molecule has 0 saturated heterocycles. The third-order valence-electron chi connectivity index (χ3n) is 2.73. The van der Waals surface area contributed by atoms with Gasteiger partial charge in [-0.2, -0.15) is 0 Å². The second kappa shape index (κ2) is 7.09. The molecule has 0 aliphatic heterocycles. The molecule has 17 heavy (non-hydrogen) atoms. The molecule has 0 aliphatic carbocycles. The molecule has 4 heteroatoms. The monoisotopic (exact) mass is 236 g/mol. The van der Waals surface area contributed by atoms with Crippen molar-refractivity contribution >= 4 is 11.6 Å². The highest BCUT2D eigenvalue weighted by Gasteiger charge is 2.08. The summed E-state index contributed by atoms with van der Waals surface area (Å²) in [6.45, 7) is 9.52. The lowest BCUT2D eigenvalue weighted by atomic mass is 10.2. The molecule has 1 atom stereocenters. The molecule has 2 N–H and O–H groups in total. The van der Waals surface area contributed by atoms with Crippen molar-refractivity contribution in [3.8, 4) is 0 Å². The summed E-state index contributed by atoms with van der Waals surface area (Å²) in [7, 11) is 0. The standard InChI is InChI=1S/C13H24N4/c1-5-7-10(3)17-13-11(4)12(14-8-6-2)15-9-16-13/h9-10H,5-8H2,1-4H3,(H2,14,15,16,17). The molecule has 96 valence electrons. The predicted molar refractivity (Wildman–Crippen MR) is 73.5 cm³/mol. The number of hydrogen-bond acceptors (Lipinski definition) is 4. The van der Waals surface area contributed by atoms with E-state index in [-0.39, 0.29) is 0 Å². The van der Waals surface area contributed by atoms with E-state index in [1.807, 2.05) is 0 Å². The fourth-order valence-corrected chi connectivity index (χ4v) is 1.76. The molecule has 0 saturated carbocycles. The van der Waals surface area contributed by atoms with Crippen LogP contribution in [0, 0.1) is 6.92 Å². The summed E-state index contributed by atoms with van der Waals surface area (Å²) in [5.74, 6) is 1.88. The van der Waals surface area contributed by atoms with E-state index in [9.17, 15) is 0 Å². The molecule has 0 aliphatic rings. The first kappa shape index (κ1) is 13.7. The van der Waals surface area contributed by atoms with Crippen molar-refractivity contribution in [1.29, 1.82) is 0 Å². The van der Waals surface area contributed by atoms with E-state index in [1.54, 1.807) is 6.33 Å². The normalized spacial score (nSPS) is 12.2. The Morgan fingerprint density at radius 3 is 2.53 bits per heavy atom. The van der Waals surface area contributed by atoms with Gasteiger partial charge < -0.3 is 10.6 Å². The Morgan fingerprint density at radius 2 is 1.88 bits per heavy atom. The maximum atomic E-state index is 4.31. The first-order chi connectivity index (χ1) is 8.19. The summed E-state index contributed by atoms with van der Waals surface area (Å²) < 4.78 is 0. The van der Waals surface area contributed by atoms with Crippen molar-refractivity contribution in [2.75, 3.05) is 17.2 Å². The van der Waals surface area contributed by atoms with Gasteiger partial charge in [0.05, 0.1) is 0 Å². The lowest BCUT2D eigenvalue weighted by Gasteiger charge is -2.16. The maximum Gasteiger partial charge on any atom is 0.134 e. The van der Waals surface area contributed by atoms with Gasteiger partial charge in [-0.25, -0.2) is 9.97 Å². The van der Waals surface area contributed by atoms with E-state index < -0.39 is 0 Å². The summed E-state index contributed by atoms with van der Waals surface area (Å²) in [5, 5.41) is 6.75. The molecule has 0 amide bonds. The molecule has 0 spiro atoms. The van der Waals surface area contributed by atoms with Gasteiger partial charge >= 0.3 is 0 Å². The summed E-state index contributed by atoms with van der Waals surface area (Å²) in [4.78, 5) is 8.57. The Hall–Kier alpha value is -1.32. The lowest BCUT2D eigenvalue weighted by Crippen LogP contribution is -2.17. The van der Waals surface area contributed by atoms with Crippen LogP contribution in [0.5, 0.6) is 0 Å². The van der Waals surface area contributed by atoms with Crippen LogP contribution >= 0.6 is 0 Å². The van der Waals surface area contributed by atoms with Gasteiger partial charge in [0.1, 0.15) is 18.0 Å². The average molecular weight is 236 g/mol. The van der Waals surface area contributed by atoms with Gasteiger partial charge in [0.25, 0.3) is 0 Å². The summed E-state index contributed by atoms with van der Waals surface area (Å²) in [6, 6.07) is 0.452. The first-order valence-electron chi connectivity index (χ1n) is 6.51. The van der Waals surface area contributed by atoms with Crippen LogP contribution in [-0.4, -0.2) is 22.6 Å². The number of rotatable bonds is 7. The molecule has 1 heterocycles. The third kappa shape index (κ3) is 4.21. The largest absolute Gasteiger partial charge is 0.370 e. The van der Waals surface area contributed by atoms with Gasteiger partial charge in [0.15, 0.2) is 0 Å².